The normalized spacial score (nSPS) is 30.9. The fourth-order valence-corrected chi connectivity index (χ4v) is 3.48. The number of hydrogen-bond donors (Lipinski definition) is 1. The highest BCUT2D eigenvalue weighted by molar-refractivity contribution is 5.78. The zero-order valence-electron chi connectivity index (χ0n) is 12.4. The molecule has 0 radical (unpaired) electrons. The Morgan fingerprint density at radius 3 is 2.55 bits per heavy atom. The topological polar surface area (TPSA) is 60.1 Å². The van der Waals surface area contributed by atoms with Gasteiger partial charge in [-0.3, -0.25) is 4.99 Å². The highest BCUT2D eigenvalue weighted by Gasteiger charge is 2.42. The summed E-state index contributed by atoms with van der Waals surface area (Å²) in [6.07, 6.45) is 9.65. The van der Waals surface area contributed by atoms with Crippen LogP contribution in [0.1, 0.15) is 51.4 Å². The molecule has 1 atom stereocenters. The lowest BCUT2D eigenvalue weighted by molar-refractivity contribution is -0.186. The van der Waals surface area contributed by atoms with E-state index in [9.17, 15) is 0 Å². The first-order chi connectivity index (χ1) is 9.77. The molecule has 1 saturated carbocycles. The Morgan fingerprint density at radius 2 is 1.80 bits per heavy atom. The van der Waals surface area contributed by atoms with Gasteiger partial charge in [0.15, 0.2) is 11.7 Å². The summed E-state index contributed by atoms with van der Waals surface area (Å²) in [6.45, 7) is 3.38. The van der Waals surface area contributed by atoms with E-state index in [1.807, 2.05) is 0 Å². The number of aliphatic imine (C=N–C) groups is 1. The van der Waals surface area contributed by atoms with Crippen molar-refractivity contribution in [2.45, 2.75) is 63.3 Å². The summed E-state index contributed by atoms with van der Waals surface area (Å²) in [5.74, 6) is 0.385. The molecule has 1 unspecified atom stereocenters. The number of nitrogens with two attached hydrogens (primary N) is 1. The Kier molecular flexibility index (Phi) is 4.46. The second-order valence-corrected chi connectivity index (χ2v) is 6.27. The van der Waals surface area contributed by atoms with Crippen LogP contribution in [-0.2, 0) is 9.47 Å². The van der Waals surface area contributed by atoms with Crippen LogP contribution < -0.4 is 5.73 Å². The summed E-state index contributed by atoms with van der Waals surface area (Å²) in [4.78, 5) is 6.71. The third-order valence-electron chi connectivity index (χ3n) is 4.67. The Morgan fingerprint density at radius 1 is 1.10 bits per heavy atom. The van der Waals surface area contributed by atoms with Gasteiger partial charge in [-0.1, -0.05) is 6.42 Å². The van der Waals surface area contributed by atoms with Crippen LogP contribution in [0, 0.1) is 0 Å². The van der Waals surface area contributed by atoms with Gasteiger partial charge in [-0.25, -0.2) is 0 Å². The van der Waals surface area contributed by atoms with Gasteiger partial charge in [0, 0.05) is 25.9 Å². The second-order valence-electron chi connectivity index (χ2n) is 6.27. The third kappa shape index (κ3) is 3.26. The van der Waals surface area contributed by atoms with E-state index in [1.165, 1.54) is 38.5 Å². The predicted octanol–water partition coefficient (Wildman–Crippen LogP) is 1.86. The van der Waals surface area contributed by atoms with E-state index in [0.29, 0.717) is 19.1 Å². The van der Waals surface area contributed by atoms with Crippen LogP contribution in [0.2, 0.25) is 0 Å². The van der Waals surface area contributed by atoms with Crippen LogP contribution in [0.25, 0.3) is 0 Å². The Labute approximate surface area is 121 Å². The summed E-state index contributed by atoms with van der Waals surface area (Å²) in [6, 6.07) is 0. The first-order valence-corrected chi connectivity index (χ1v) is 8.14. The Balaban J connectivity index is 1.48. The number of likely N-dealkylation sites (tertiary alicyclic amines) is 1. The number of nitrogens with zero attached hydrogens (tertiary/aromatic N) is 2. The van der Waals surface area contributed by atoms with E-state index in [1.54, 1.807) is 0 Å². The van der Waals surface area contributed by atoms with Crippen molar-refractivity contribution in [3.8, 4) is 0 Å². The molecule has 0 aromatic carbocycles. The van der Waals surface area contributed by atoms with Crippen molar-refractivity contribution in [3.63, 3.8) is 0 Å². The summed E-state index contributed by atoms with van der Waals surface area (Å²) in [5, 5.41) is 0. The monoisotopic (exact) mass is 281 g/mol. The van der Waals surface area contributed by atoms with Crippen molar-refractivity contribution in [3.05, 3.63) is 0 Å². The third-order valence-corrected chi connectivity index (χ3v) is 4.67. The molecule has 3 aliphatic rings. The smallest absolute Gasteiger partial charge is 0.191 e. The molecule has 2 saturated heterocycles. The molecule has 0 aromatic rings. The van der Waals surface area contributed by atoms with Crippen molar-refractivity contribution in [2.24, 2.45) is 10.7 Å². The minimum Gasteiger partial charge on any atom is -0.370 e. The SMILES string of the molecule is NC(=NCC1COC2(CCCCC2)O1)N1CCCCC1. The number of guanidine groups is 1. The fourth-order valence-electron chi connectivity index (χ4n) is 3.48. The minimum atomic E-state index is -0.293. The molecule has 20 heavy (non-hydrogen) atoms. The molecule has 5 nitrogen and oxygen atoms in total. The molecule has 2 aliphatic heterocycles. The fraction of sp³-hybridized carbons (Fsp3) is 0.933. The van der Waals surface area contributed by atoms with Gasteiger partial charge in [-0.2, -0.15) is 0 Å². The maximum Gasteiger partial charge on any atom is 0.191 e. The lowest BCUT2D eigenvalue weighted by Crippen LogP contribution is -2.41. The maximum atomic E-state index is 6.12. The van der Waals surface area contributed by atoms with E-state index in [4.69, 9.17) is 15.2 Å². The molecule has 2 N–H and O–H groups in total. The molecule has 3 fully saturated rings. The quantitative estimate of drug-likeness (QED) is 0.620. The first-order valence-electron chi connectivity index (χ1n) is 8.14. The molecule has 1 spiro atoms. The molecule has 114 valence electrons. The van der Waals surface area contributed by atoms with Crippen LogP contribution >= 0.6 is 0 Å². The number of hydrogen-bond acceptors (Lipinski definition) is 3. The van der Waals surface area contributed by atoms with E-state index < -0.39 is 0 Å². The van der Waals surface area contributed by atoms with Gasteiger partial charge >= 0.3 is 0 Å². The van der Waals surface area contributed by atoms with Crippen LogP contribution in [0.3, 0.4) is 0 Å². The van der Waals surface area contributed by atoms with Crippen molar-refractivity contribution in [2.75, 3.05) is 26.2 Å². The molecule has 1 aliphatic carbocycles. The molecule has 2 heterocycles. The molecular formula is C15H27N3O2. The first kappa shape index (κ1) is 14.1. The van der Waals surface area contributed by atoms with E-state index >= 15 is 0 Å². The lowest BCUT2D eigenvalue weighted by Gasteiger charge is -2.31. The highest BCUT2D eigenvalue weighted by Crippen LogP contribution is 2.37. The van der Waals surface area contributed by atoms with Gasteiger partial charge in [0.05, 0.1) is 13.2 Å². The minimum absolute atomic E-state index is 0.0800. The van der Waals surface area contributed by atoms with E-state index in [0.717, 1.165) is 25.9 Å². The largest absolute Gasteiger partial charge is 0.370 e. The Hall–Kier alpha value is -0.810. The van der Waals surface area contributed by atoms with Gasteiger partial charge in [0.25, 0.3) is 0 Å². The summed E-state index contributed by atoms with van der Waals surface area (Å²) in [7, 11) is 0. The van der Waals surface area contributed by atoms with Gasteiger partial charge in [0.1, 0.15) is 6.10 Å². The summed E-state index contributed by atoms with van der Waals surface area (Å²) in [5.41, 5.74) is 6.08. The molecule has 0 amide bonds. The number of piperidine rings is 1. The molecule has 0 bridgehead atoms. The van der Waals surface area contributed by atoms with Crippen molar-refractivity contribution in [1.82, 2.24) is 4.90 Å². The standard InChI is InChI=1S/C15H27N3O2/c16-14(18-9-5-2-6-10-18)17-11-13-12-19-15(20-13)7-3-1-4-8-15/h13H,1-12H2,(H2,16,17). The molecule has 3 rings (SSSR count). The number of rotatable bonds is 2. The van der Waals surface area contributed by atoms with E-state index in [2.05, 4.69) is 9.89 Å². The molecule has 0 aromatic heterocycles. The predicted molar refractivity (Wildman–Crippen MR) is 78.6 cm³/mol. The van der Waals surface area contributed by atoms with Crippen LogP contribution in [-0.4, -0.2) is 49.0 Å². The molecular weight excluding hydrogens is 254 g/mol. The van der Waals surface area contributed by atoms with E-state index in [-0.39, 0.29) is 11.9 Å². The van der Waals surface area contributed by atoms with Crippen molar-refractivity contribution < 1.29 is 9.47 Å². The average molecular weight is 281 g/mol. The second kappa shape index (κ2) is 6.31. The number of ether oxygens (including phenoxy) is 2. The summed E-state index contributed by atoms with van der Waals surface area (Å²) >= 11 is 0. The molecule has 5 heteroatoms. The zero-order valence-corrected chi connectivity index (χ0v) is 12.4. The van der Waals surface area contributed by atoms with Crippen LogP contribution in [0.5, 0.6) is 0 Å². The zero-order chi connectivity index (χ0) is 13.8. The van der Waals surface area contributed by atoms with Gasteiger partial charge in [0.2, 0.25) is 0 Å². The Bertz CT molecular complexity index is 347. The highest BCUT2D eigenvalue weighted by atomic mass is 16.7. The van der Waals surface area contributed by atoms with Gasteiger partial charge in [-0.05, 0) is 32.1 Å². The maximum absolute atomic E-state index is 6.12. The van der Waals surface area contributed by atoms with Crippen molar-refractivity contribution >= 4 is 5.96 Å². The average Bonchev–Trinajstić information content (AvgIpc) is 2.89. The summed E-state index contributed by atoms with van der Waals surface area (Å²) < 4.78 is 12.1. The van der Waals surface area contributed by atoms with Gasteiger partial charge in [-0.15, -0.1) is 0 Å². The van der Waals surface area contributed by atoms with Gasteiger partial charge < -0.3 is 20.1 Å². The lowest BCUT2D eigenvalue weighted by atomic mass is 9.94. The van der Waals surface area contributed by atoms with Crippen LogP contribution in [0.15, 0.2) is 4.99 Å². The van der Waals surface area contributed by atoms with Crippen molar-refractivity contribution in [1.29, 1.82) is 0 Å². The van der Waals surface area contributed by atoms with Crippen LogP contribution in [0.4, 0.5) is 0 Å².